The molecule has 0 atom stereocenters. The van der Waals surface area contributed by atoms with Crippen LogP contribution in [-0.4, -0.2) is 41.5 Å². The van der Waals surface area contributed by atoms with Crippen LogP contribution < -0.4 is 10.9 Å². The Labute approximate surface area is 106 Å². The van der Waals surface area contributed by atoms with E-state index in [0.29, 0.717) is 5.69 Å². The fourth-order valence-corrected chi connectivity index (χ4v) is 2.24. The lowest BCUT2D eigenvalue weighted by atomic mass is 10.0. The highest BCUT2D eigenvalue weighted by atomic mass is 16.2. The molecule has 1 aromatic heterocycles. The van der Waals surface area contributed by atoms with E-state index in [2.05, 4.69) is 22.1 Å². The number of H-pyrrole nitrogens is 1. The van der Waals surface area contributed by atoms with Gasteiger partial charge in [-0.15, -0.1) is 0 Å². The third kappa shape index (κ3) is 3.20. The number of hydrogen-bond donors (Lipinski definition) is 2. The van der Waals surface area contributed by atoms with Gasteiger partial charge >= 0.3 is 0 Å². The molecule has 0 aliphatic carbocycles. The first-order valence-electron chi connectivity index (χ1n) is 6.41. The largest absolute Gasteiger partial charge is 0.348 e. The monoisotopic (exact) mass is 249 g/mol. The number of hydrogen-bond acceptors (Lipinski definition) is 3. The van der Waals surface area contributed by atoms with Gasteiger partial charge in [-0.1, -0.05) is 13.0 Å². The Balaban J connectivity index is 1.90. The summed E-state index contributed by atoms with van der Waals surface area (Å²) in [6.45, 7) is 5.25. The smallest absolute Gasteiger partial charge is 0.268 e. The second-order valence-electron chi connectivity index (χ2n) is 4.61. The van der Waals surface area contributed by atoms with E-state index in [4.69, 9.17) is 0 Å². The van der Waals surface area contributed by atoms with Crippen molar-refractivity contribution >= 4 is 5.91 Å². The molecule has 0 spiro atoms. The zero-order valence-corrected chi connectivity index (χ0v) is 10.6. The summed E-state index contributed by atoms with van der Waals surface area (Å²) in [7, 11) is 0. The highest BCUT2D eigenvalue weighted by molar-refractivity contribution is 5.92. The van der Waals surface area contributed by atoms with Crippen molar-refractivity contribution < 1.29 is 4.79 Å². The molecule has 2 heterocycles. The van der Waals surface area contributed by atoms with Crippen LogP contribution in [0, 0.1) is 0 Å². The molecule has 1 fully saturated rings. The third-order valence-corrected chi connectivity index (χ3v) is 3.38. The van der Waals surface area contributed by atoms with E-state index in [1.54, 1.807) is 12.1 Å². The van der Waals surface area contributed by atoms with Crippen LogP contribution in [-0.2, 0) is 0 Å². The molecule has 2 rings (SSSR count). The number of rotatable bonds is 3. The van der Waals surface area contributed by atoms with Gasteiger partial charge < -0.3 is 15.2 Å². The van der Waals surface area contributed by atoms with Gasteiger partial charge in [-0.25, -0.2) is 0 Å². The van der Waals surface area contributed by atoms with Gasteiger partial charge in [-0.3, -0.25) is 9.59 Å². The van der Waals surface area contributed by atoms with E-state index in [9.17, 15) is 9.59 Å². The number of nitrogens with one attached hydrogen (secondary N) is 2. The van der Waals surface area contributed by atoms with Crippen molar-refractivity contribution in [2.45, 2.75) is 25.8 Å². The van der Waals surface area contributed by atoms with Gasteiger partial charge in [0.15, 0.2) is 0 Å². The van der Waals surface area contributed by atoms with Crippen molar-refractivity contribution in [1.29, 1.82) is 0 Å². The van der Waals surface area contributed by atoms with Crippen LogP contribution in [0.4, 0.5) is 0 Å². The summed E-state index contributed by atoms with van der Waals surface area (Å²) in [5.41, 5.74) is 0.0869. The molecule has 5 heteroatoms. The van der Waals surface area contributed by atoms with Crippen molar-refractivity contribution in [2.75, 3.05) is 19.6 Å². The molecule has 98 valence electrons. The van der Waals surface area contributed by atoms with E-state index in [1.165, 1.54) is 6.07 Å². The average molecular weight is 249 g/mol. The summed E-state index contributed by atoms with van der Waals surface area (Å²) >= 11 is 0. The lowest BCUT2D eigenvalue weighted by Crippen LogP contribution is -2.44. The first-order chi connectivity index (χ1) is 8.69. The second-order valence-corrected chi connectivity index (χ2v) is 4.61. The molecule has 2 N–H and O–H groups in total. The first-order valence-corrected chi connectivity index (χ1v) is 6.41. The summed E-state index contributed by atoms with van der Waals surface area (Å²) in [4.78, 5) is 28.0. The molecule has 1 saturated heterocycles. The summed E-state index contributed by atoms with van der Waals surface area (Å²) in [6.07, 6.45) is 1.94. The van der Waals surface area contributed by atoms with Gasteiger partial charge in [0.25, 0.3) is 5.91 Å². The highest BCUT2D eigenvalue weighted by Crippen LogP contribution is 2.10. The number of amides is 1. The number of aromatic amines is 1. The van der Waals surface area contributed by atoms with Crippen molar-refractivity contribution in [3.63, 3.8) is 0 Å². The van der Waals surface area contributed by atoms with Gasteiger partial charge in [-0.2, -0.15) is 0 Å². The van der Waals surface area contributed by atoms with Crippen molar-refractivity contribution in [1.82, 2.24) is 15.2 Å². The van der Waals surface area contributed by atoms with E-state index in [1.807, 2.05) is 0 Å². The Hall–Kier alpha value is -1.62. The van der Waals surface area contributed by atoms with E-state index in [-0.39, 0.29) is 17.5 Å². The first kappa shape index (κ1) is 12.8. The number of likely N-dealkylation sites (tertiary alicyclic amines) is 1. The molecular formula is C13H19N3O2. The highest BCUT2D eigenvalue weighted by Gasteiger charge is 2.20. The Kier molecular flexibility index (Phi) is 4.15. The molecule has 0 saturated carbocycles. The maximum absolute atomic E-state index is 11.9. The number of carbonyl (C=O) groups is 1. The fourth-order valence-electron chi connectivity index (χ4n) is 2.24. The normalized spacial score (nSPS) is 17.6. The van der Waals surface area contributed by atoms with Gasteiger partial charge in [-0.05, 0) is 25.5 Å². The minimum atomic E-state index is -0.247. The van der Waals surface area contributed by atoms with Crippen LogP contribution in [0.5, 0.6) is 0 Å². The minimum absolute atomic E-state index is 0.192. The third-order valence-electron chi connectivity index (χ3n) is 3.38. The molecule has 1 aromatic rings. The van der Waals surface area contributed by atoms with E-state index in [0.717, 1.165) is 32.5 Å². The Morgan fingerprint density at radius 3 is 2.78 bits per heavy atom. The molecule has 1 aliphatic heterocycles. The molecule has 1 aliphatic rings. The maximum atomic E-state index is 11.9. The molecule has 0 radical (unpaired) electrons. The predicted molar refractivity (Wildman–Crippen MR) is 69.7 cm³/mol. The SMILES string of the molecule is CCN1CCC(NC(=O)c2cccc(=O)[nH]2)CC1. The van der Waals surface area contributed by atoms with Crippen molar-refractivity contribution in [3.8, 4) is 0 Å². The second kappa shape index (κ2) is 5.82. The summed E-state index contributed by atoms with van der Waals surface area (Å²) in [5, 5.41) is 2.97. The standard InChI is InChI=1S/C13H19N3O2/c1-2-16-8-6-10(7-9-16)14-13(18)11-4-3-5-12(17)15-11/h3-5,10H,2,6-9H2,1H3,(H,14,18)(H,15,17). The van der Waals surface area contributed by atoms with Crippen LogP contribution in [0.1, 0.15) is 30.3 Å². The van der Waals surface area contributed by atoms with Crippen LogP contribution in [0.3, 0.4) is 0 Å². The molecule has 18 heavy (non-hydrogen) atoms. The lowest BCUT2D eigenvalue weighted by molar-refractivity contribution is 0.0907. The predicted octanol–water partition coefficient (Wildman–Crippen LogP) is 0.589. The van der Waals surface area contributed by atoms with Crippen LogP contribution in [0.25, 0.3) is 0 Å². The van der Waals surface area contributed by atoms with Gasteiger partial charge in [0, 0.05) is 25.2 Å². The zero-order valence-electron chi connectivity index (χ0n) is 10.6. The topological polar surface area (TPSA) is 65.2 Å². The molecule has 5 nitrogen and oxygen atoms in total. The Morgan fingerprint density at radius 1 is 1.44 bits per heavy atom. The number of pyridine rings is 1. The number of nitrogens with zero attached hydrogens (tertiary/aromatic N) is 1. The molecule has 0 aromatic carbocycles. The number of piperidine rings is 1. The average Bonchev–Trinajstić information content (AvgIpc) is 2.39. The minimum Gasteiger partial charge on any atom is -0.348 e. The van der Waals surface area contributed by atoms with Gasteiger partial charge in [0.05, 0.1) is 0 Å². The quantitative estimate of drug-likeness (QED) is 0.824. The summed E-state index contributed by atoms with van der Waals surface area (Å²) in [6, 6.07) is 4.82. The van der Waals surface area contributed by atoms with Gasteiger partial charge in [0.2, 0.25) is 5.56 Å². The molecule has 1 amide bonds. The summed E-state index contributed by atoms with van der Waals surface area (Å²) in [5.74, 6) is -0.192. The van der Waals surface area contributed by atoms with E-state index >= 15 is 0 Å². The summed E-state index contributed by atoms with van der Waals surface area (Å²) < 4.78 is 0. The van der Waals surface area contributed by atoms with Crippen LogP contribution in [0.2, 0.25) is 0 Å². The molecule has 0 bridgehead atoms. The molecular weight excluding hydrogens is 230 g/mol. The van der Waals surface area contributed by atoms with Crippen molar-refractivity contribution in [2.24, 2.45) is 0 Å². The van der Waals surface area contributed by atoms with Crippen LogP contribution >= 0.6 is 0 Å². The number of aromatic nitrogens is 1. The van der Waals surface area contributed by atoms with Crippen molar-refractivity contribution in [3.05, 3.63) is 34.2 Å². The lowest BCUT2D eigenvalue weighted by Gasteiger charge is -2.31. The maximum Gasteiger partial charge on any atom is 0.268 e. The Bertz CT molecular complexity index is 461. The van der Waals surface area contributed by atoms with Crippen LogP contribution in [0.15, 0.2) is 23.0 Å². The van der Waals surface area contributed by atoms with E-state index < -0.39 is 0 Å². The Morgan fingerprint density at radius 2 is 2.17 bits per heavy atom. The molecule has 0 unspecified atom stereocenters. The number of carbonyl (C=O) groups excluding carboxylic acids is 1. The zero-order chi connectivity index (χ0) is 13.0. The fraction of sp³-hybridized carbons (Fsp3) is 0.538. The van der Waals surface area contributed by atoms with Gasteiger partial charge in [0.1, 0.15) is 5.69 Å².